The van der Waals surface area contributed by atoms with Crippen molar-refractivity contribution in [2.24, 2.45) is 5.92 Å². The summed E-state index contributed by atoms with van der Waals surface area (Å²) in [5, 5.41) is 12.9. The molecular weight excluding hydrogens is 240 g/mol. The highest BCUT2D eigenvalue weighted by molar-refractivity contribution is 5.75. The number of carbonyl (C=O) groups excluding carboxylic acids is 1. The van der Waals surface area contributed by atoms with E-state index in [0.29, 0.717) is 31.0 Å². The van der Waals surface area contributed by atoms with Crippen molar-refractivity contribution >= 4 is 11.6 Å². The zero-order chi connectivity index (χ0) is 14.4. The Morgan fingerprint density at radius 1 is 1.42 bits per heavy atom. The average Bonchev–Trinajstić information content (AvgIpc) is 2.36. The minimum atomic E-state index is -0.646. The van der Waals surface area contributed by atoms with Gasteiger partial charge in [0.15, 0.2) is 0 Å². The highest BCUT2D eigenvalue weighted by Crippen LogP contribution is 2.22. The SMILES string of the molecule is Cc1ccc(C(O)CCC(=O)NCC(C)C)cc1N. The summed E-state index contributed by atoms with van der Waals surface area (Å²) in [5.41, 5.74) is 8.23. The molecule has 1 rings (SSSR count). The van der Waals surface area contributed by atoms with Crippen LogP contribution in [0.25, 0.3) is 0 Å². The smallest absolute Gasteiger partial charge is 0.220 e. The van der Waals surface area contributed by atoms with Gasteiger partial charge in [-0.15, -0.1) is 0 Å². The Hall–Kier alpha value is -1.55. The lowest BCUT2D eigenvalue weighted by atomic mass is 10.0. The first-order chi connectivity index (χ1) is 8.90. The normalized spacial score (nSPS) is 12.5. The number of aliphatic hydroxyl groups is 1. The van der Waals surface area contributed by atoms with Crippen LogP contribution in [-0.4, -0.2) is 17.6 Å². The van der Waals surface area contributed by atoms with Gasteiger partial charge in [0.05, 0.1) is 6.10 Å². The first kappa shape index (κ1) is 15.5. The van der Waals surface area contributed by atoms with Gasteiger partial charge < -0.3 is 16.2 Å². The van der Waals surface area contributed by atoms with Gasteiger partial charge in [-0.2, -0.15) is 0 Å². The van der Waals surface area contributed by atoms with Crippen LogP contribution in [0.2, 0.25) is 0 Å². The van der Waals surface area contributed by atoms with Gasteiger partial charge in [0.25, 0.3) is 0 Å². The molecule has 0 spiro atoms. The highest BCUT2D eigenvalue weighted by atomic mass is 16.3. The van der Waals surface area contributed by atoms with Crippen LogP contribution in [0.15, 0.2) is 18.2 Å². The Labute approximate surface area is 115 Å². The summed E-state index contributed by atoms with van der Waals surface area (Å²) in [7, 11) is 0. The van der Waals surface area contributed by atoms with Crippen molar-refractivity contribution in [2.45, 2.75) is 39.7 Å². The molecule has 0 aromatic heterocycles. The first-order valence-electron chi connectivity index (χ1n) is 6.71. The molecule has 0 aliphatic carbocycles. The molecule has 1 aromatic carbocycles. The van der Waals surface area contributed by atoms with E-state index in [4.69, 9.17) is 5.73 Å². The predicted molar refractivity (Wildman–Crippen MR) is 77.6 cm³/mol. The number of anilines is 1. The van der Waals surface area contributed by atoms with Gasteiger partial charge in [-0.1, -0.05) is 26.0 Å². The Kier molecular flexibility index (Phi) is 5.83. The minimum absolute atomic E-state index is 0.0205. The van der Waals surface area contributed by atoms with Crippen molar-refractivity contribution in [3.8, 4) is 0 Å². The molecule has 0 aliphatic heterocycles. The molecule has 0 heterocycles. The Morgan fingerprint density at radius 3 is 2.68 bits per heavy atom. The number of nitrogens with one attached hydrogen (secondary N) is 1. The molecule has 1 amide bonds. The molecule has 4 heteroatoms. The van der Waals surface area contributed by atoms with Crippen LogP contribution < -0.4 is 11.1 Å². The van der Waals surface area contributed by atoms with Crippen molar-refractivity contribution in [2.75, 3.05) is 12.3 Å². The Bertz CT molecular complexity index is 430. The lowest BCUT2D eigenvalue weighted by Gasteiger charge is -2.13. The van der Waals surface area contributed by atoms with Crippen LogP contribution >= 0.6 is 0 Å². The topological polar surface area (TPSA) is 75.3 Å². The summed E-state index contributed by atoms with van der Waals surface area (Å²) in [4.78, 5) is 11.6. The molecule has 1 unspecified atom stereocenters. The zero-order valence-electron chi connectivity index (χ0n) is 11.9. The molecule has 0 saturated carbocycles. The fourth-order valence-electron chi connectivity index (χ4n) is 1.71. The number of hydrogen-bond acceptors (Lipinski definition) is 3. The average molecular weight is 264 g/mol. The van der Waals surface area contributed by atoms with Gasteiger partial charge in [0, 0.05) is 18.7 Å². The number of aliphatic hydroxyl groups excluding tert-OH is 1. The molecule has 4 nitrogen and oxygen atoms in total. The first-order valence-corrected chi connectivity index (χ1v) is 6.71. The molecule has 0 fully saturated rings. The number of carbonyl (C=O) groups is 1. The molecule has 1 aromatic rings. The van der Waals surface area contributed by atoms with Gasteiger partial charge in [-0.05, 0) is 36.5 Å². The molecule has 1 atom stereocenters. The maximum atomic E-state index is 11.6. The van der Waals surface area contributed by atoms with Crippen LogP contribution in [-0.2, 0) is 4.79 Å². The monoisotopic (exact) mass is 264 g/mol. The molecule has 106 valence electrons. The third kappa shape index (κ3) is 5.30. The summed E-state index contributed by atoms with van der Waals surface area (Å²) in [5.74, 6) is 0.415. The minimum Gasteiger partial charge on any atom is -0.399 e. The number of rotatable bonds is 6. The van der Waals surface area contributed by atoms with E-state index in [-0.39, 0.29) is 5.91 Å². The lowest BCUT2D eigenvalue weighted by molar-refractivity contribution is -0.121. The second-order valence-electron chi connectivity index (χ2n) is 5.37. The zero-order valence-corrected chi connectivity index (χ0v) is 11.9. The van der Waals surface area contributed by atoms with Crippen LogP contribution in [0.3, 0.4) is 0 Å². The third-order valence-corrected chi connectivity index (χ3v) is 3.04. The van der Waals surface area contributed by atoms with Crippen molar-refractivity contribution in [3.05, 3.63) is 29.3 Å². The molecule has 4 N–H and O–H groups in total. The number of hydrogen-bond donors (Lipinski definition) is 3. The van der Waals surface area contributed by atoms with Crippen LogP contribution in [0.1, 0.15) is 43.9 Å². The summed E-state index contributed by atoms with van der Waals surface area (Å²) in [6.07, 6.45) is 0.0846. The van der Waals surface area contributed by atoms with Crippen LogP contribution in [0, 0.1) is 12.8 Å². The van der Waals surface area contributed by atoms with Gasteiger partial charge in [-0.25, -0.2) is 0 Å². The molecule has 19 heavy (non-hydrogen) atoms. The number of aryl methyl sites for hydroxylation is 1. The molecular formula is C15H24N2O2. The largest absolute Gasteiger partial charge is 0.399 e. The Balaban J connectivity index is 2.44. The number of nitrogens with two attached hydrogens (primary N) is 1. The highest BCUT2D eigenvalue weighted by Gasteiger charge is 2.11. The van der Waals surface area contributed by atoms with Gasteiger partial charge in [0.2, 0.25) is 5.91 Å². The van der Waals surface area contributed by atoms with E-state index in [2.05, 4.69) is 5.32 Å². The second kappa shape index (κ2) is 7.14. The maximum Gasteiger partial charge on any atom is 0.220 e. The fourth-order valence-corrected chi connectivity index (χ4v) is 1.71. The predicted octanol–water partition coefficient (Wildman–Crippen LogP) is 2.16. The van der Waals surface area contributed by atoms with Crippen molar-refractivity contribution in [3.63, 3.8) is 0 Å². The second-order valence-corrected chi connectivity index (χ2v) is 5.37. The summed E-state index contributed by atoms with van der Waals surface area (Å²) < 4.78 is 0. The molecule has 0 saturated heterocycles. The van der Waals surface area contributed by atoms with Crippen molar-refractivity contribution in [1.29, 1.82) is 0 Å². The lowest BCUT2D eigenvalue weighted by Crippen LogP contribution is -2.27. The number of nitrogen functional groups attached to an aromatic ring is 1. The quantitative estimate of drug-likeness (QED) is 0.689. The van der Waals surface area contributed by atoms with E-state index in [1.807, 2.05) is 32.9 Å². The maximum absolute atomic E-state index is 11.6. The van der Waals surface area contributed by atoms with E-state index >= 15 is 0 Å². The standard InChI is InChI=1S/C15H24N2O2/c1-10(2)9-17-15(19)7-6-14(18)12-5-4-11(3)13(16)8-12/h4-5,8,10,14,18H,6-7,9,16H2,1-3H3,(H,17,19). The van der Waals surface area contributed by atoms with E-state index in [9.17, 15) is 9.90 Å². The van der Waals surface area contributed by atoms with Crippen LogP contribution in [0.5, 0.6) is 0 Å². The van der Waals surface area contributed by atoms with Gasteiger partial charge in [-0.3, -0.25) is 4.79 Å². The number of amides is 1. The van der Waals surface area contributed by atoms with Crippen molar-refractivity contribution < 1.29 is 9.90 Å². The number of benzene rings is 1. The van der Waals surface area contributed by atoms with E-state index in [1.165, 1.54) is 0 Å². The molecule has 0 bridgehead atoms. The molecule has 0 aliphatic rings. The fraction of sp³-hybridized carbons (Fsp3) is 0.533. The summed E-state index contributed by atoms with van der Waals surface area (Å²) in [6, 6.07) is 5.50. The van der Waals surface area contributed by atoms with Gasteiger partial charge >= 0.3 is 0 Å². The Morgan fingerprint density at radius 2 is 2.11 bits per heavy atom. The summed E-state index contributed by atoms with van der Waals surface area (Å²) >= 11 is 0. The third-order valence-electron chi connectivity index (χ3n) is 3.04. The van der Waals surface area contributed by atoms with E-state index in [1.54, 1.807) is 6.07 Å². The molecule has 0 radical (unpaired) electrons. The van der Waals surface area contributed by atoms with Gasteiger partial charge in [0.1, 0.15) is 0 Å². The van der Waals surface area contributed by atoms with Crippen molar-refractivity contribution in [1.82, 2.24) is 5.32 Å². The van der Waals surface area contributed by atoms with Crippen LogP contribution in [0.4, 0.5) is 5.69 Å². The van der Waals surface area contributed by atoms with E-state index < -0.39 is 6.10 Å². The summed E-state index contributed by atoms with van der Waals surface area (Å²) in [6.45, 7) is 6.69. The van der Waals surface area contributed by atoms with E-state index in [0.717, 1.165) is 11.1 Å².